The number of benzene rings is 1. The highest BCUT2D eigenvalue weighted by Gasteiger charge is 2.06. The molecule has 1 aromatic carbocycles. The summed E-state index contributed by atoms with van der Waals surface area (Å²) in [6, 6.07) is 7.71. The molecule has 0 aliphatic carbocycles. The molecule has 0 bridgehead atoms. The van der Waals surface area contributed by atoms with Crippen molar-refractivity contribution in [1.82, 2.24) is 4.90 Å². The minimum Gasteiger partial charge on any atom is -0.508 e. The molecule has 0 aliphatic heterocycles. The van der Waals surface area contributed by atoms with E-state index in [-0.39, 0.29) is 0 Å². The van der Waals surface area contributed by atoms with Crippen molar-refractivity contribution in [3.05, 3.63) is 29.8 Å². The Balaban J connectivity index is 2.88. The predicted molar refractivity (Wildman–Crippen MR) is 50.2 cm³/mol. The number of rotatable bonds is 2. The van der Waals surface area contributed by atoms with Crippen LogP contribution in [0.25, 0.3) is 0 Å². The molecule has 2 nitrogen and oxygen atoms in total. The molecule has 0 radical (unpaired) electrons. The van der Waals surface area contributed by atoms with Crippen molar-refractivity contribution in [3.63, 3.8) is 0 Å². The summed E-state index contributed by atoms with van der Waals surface area (Å²) in [5.41, 5.74) is 1.14. The summed E-state index contributed by atoms with van der Waals surface area (Å²) < 4.78 is 0. The summed E-state index contributed by atoms with van der Waals surface area (Å²) in [5.74, 6) is 0.334. The first-order valence-corrected chi connectivity index (χ1v) is 4.06. The van der Waals surface area contributed by atoms with Crippen molar-refractivity contribution in [3.8, 4) is 5.75 Å². The van der Waals surface area contributed by atoms with Gasteiger partial charge in [0.1, 0.15) is 5.75 Å². The average molecular weight is 167 g/mol. The molecule has 0 aliphatic rings. The number of hydrogen-bond donors (Lipinski definition) is 1. The van der Waals surface area contributed by atoms with Crippen molar-refractivity contribution < 1.29 is 5.11 Å². The topological polar surface area (TPSA) is 23.5 Å². The van der Waals surface area contributed by atoms with Gasteiger partial charge in [-0.3, -0.25) is 0 Å². The van der Waals surface area contributed by atoms with Gasteiger partial charge in [-0.15, -0.1) is 0 Å². The van der Waals surface area contributed by atoms with Crippen LogP contribution in [0.15, 0.2) is 24.3 Å². The van der Waals surface area contributed by atoms with Crippen LogP contribution in [0.5, 0.6) is 5.75 Å². The molecule has 0 spiro atoms. The van der Waals surface area contributed by atoms with E-state index in [2.05, 4.69) is 11.8 Å². The lowest BCUT2D eigenvalue weighted by Gasteiger charge is -2.19. The van der Waals surface area contributed by atoms with E-state index in [4.69, 9.17) is 0 Å². The minimum atomic E-state index is 0.334. The van der Waals surface area contributed by atoms with Crippen molar-refractivity contribution in [2.45, 2.75) is 13.0 Å². The van der Waals surface area contributed by atoms with Crippen LogP contribution in [0, 0.1) is 0 Å². The Bertz CT molecular complexity index is 258. The van der Waals surface area contributed by atoms with Gasteiger partial charge < -0.3 is 10.0 Å². The van der Waals surface area contributed by atoms with Gasteiger partial charge in [-0.2, -0.15) is 0 Å². The quantitative estimate of drug-likeness (QED) is 0.728. The van der Waals surface area contributed by atoms with Crippen LogP contribution < -0.4 is 0 Å². The van der Waals surface area contributed by atoms with Crippen molar-refractivity contribution in [1.29, 1.82) is 0 Å². The maximum atomic E-state index is 9.23. The zero-order valence-corrected chi connectivity index (χ0v) is 7.78. The number of phenols is 1. The van der Waals surface area contributed by atoms with Gasteiger partial charge in [0, 0.05) is 6.04 Å². The molecule has 1 aromatic rings. The maximum absolute atomic E-state index is 9.23. The van der Waals surface area contributed by atoms with Crippen LogP contribution >= 0.6 is 0 Å². The zero-order valence-electron chi connectivity index (χ0n) is 7.78. The van der Waals surface area contributed by atoms with Crippen LogP contribution in [0.2, 0.25) is 0 Å². The average Bonchev–Trinajstić information content (AvgIpc) is 2.03. The highest BCUT2D eigenvalue weighted by molar-refractivity contribution is 5.28. The molecule has 0 fully saturated rings. The Hall–Kier alpha value is -1.02. The fourth-order valence-electron chi connectivity index (χ4n) is 1.08. The van der Waals surface area contributed by atoms with Crippen LogP contribution in [0.1, 0.15) is 18.5 Å². The van der Waals surface area contributed by atoms with Gasteiger partial charge >= 0.3 is 0 Å². The minimum absolute atomic E-state index is 0.334. The first-order valence-electron chi connectivity index (χ1n) is 4.06. The van der Waals surface area contributed by atoms with Gasteiger partial charge in [-0.1, -0.05) is 12.1 Å². The molecule has 0 aromatic heterocycles. The van der Waals surface area contributed by atoms with E-state index in [0.717, 1.165) is 5.56 Å². The Morgan fingerprint density at radius 2 is 2.00 bits per heavy atom. The van der Waals surface area contributed by atoms with Crippen LogP contribution in [-0.2, 0) is 0 Å². The Morgan fingerprint density at radius 1 is 1.33 bits per heavy atom. The van der Waals surface area contributed by atoms with Gasteiger partial charge in [0.2, 0.25) is 0 Å². The van der Waals surface area contributed by atoms with Crippen molar-refractivity contribution >= 4 is 0 Å². The molecule has 2 heteroatoms. The van der Waals surface area contributed by atoms with Gasteiger partial charge in [0.25, 0.3) is 0 Å². The largest absolute Gasteiger partial charge is 0.508 e. The molecular weight excluding hydrogens is 152 g/mol. The molecule has 0 saturated carbocycles. The van der Waals surface area contributed by atoms with E-state index in [0.29, 0.717) is 11.8 Å². The molecular formula is C10H15NO. The van der Waals surface area contributed by atoms with E-state index >= 15 is 0 Å². The van der Waals surface area contributed by atoms with Crippen LogP contribution in [0.4, 0.5) is 0 Å². The zero-order chi connectivity index (χ0) is 9.14. The summed E-state index contributed by atoms with van der Waals surface area (Å²) >= 11 is 0. The third-order valence-electron chi connectivity index (χ3n) is 2.13. The SMILES string of the molecule is C[14C@@H](c1cccc(O)c1)N(C)C. The monoisotopic (exact) mass is 167 g/mol. The highest BCUT2D eigenvalue weighted by Crippen LogP contribution is 2.20. The summed E-state index contributed by atoms with van der Waals surface area (Å²) in [5, 5.41) is 9.23. The van der Waals surface area contributed by atoms with E-state index in [9.17, 15) is 5.11 Å². The number of nitrogens with zero attached hydrogens (tertiary/aromatic N) is 1. The standard InChI is InChI=1S/C10H15NO/c1-8(11(2)3)9-5-4-6-10(12)7-9/h4-8,12H,1-3H3/t8-/m0/s1/i8+2. The second-order valence-corrected chi connectivity index (χ2v) is 3.23. The van der Waals surface area contributed by atoms with Gasteiger partial charge in [-0.05, 0) is 38.7 Å². The first kappa shape index (κ1) is 9.07. The third-order valence-corrected chi connectivity index (χ3v) is 2.13. The molecule has 1 atom stereocenters. The molecule has 1 rings (SSSR count). The highest BCUT2D eigenvalue weighted by atomic mass is 16.3. The summed E-state index contributed by atoms with van der Waals surface area (Å²) in [7, 11) is 4.05. The molecule has 0 unspecified atom stereocenters. The maximum Gasteiger partial charge on any atom is 0.115 e. The van der Waals surface area contributed by atoms with Crippen molar-refractivity contribution in [2.24, 2.45) is 0 Å². The predicted octanol–water partition coefficient (Wildman–Crippen LogP) is 2.01. The molecule has 66 valence electrons. The molecule has 0 amide bonds. The summed E-state index contributed by atoms with van der Waals surface area (Å²) in [6.45, 7) is 2.11. The Morgan fingerprint density at radius 3 is 2.50 bits per heavy atom. The lowest BCUT2D eigenvalue weighted by atomic mass is 10.3. The fourth-order valence-corrected chi connectivity index (χ4v) is 1.08. The molecule has 12 heavy (non-hydrogen) atoms. The number of hydrogen-bond acceptors (Lipinski definition) is 2. The molecule has 0 saturated heterocycles. The van der Waals surface area contributed by atoms with E-state index < -0.39 is 0 Å². The number of phenolic OH excluding ortho intramolecular Hbond substituents is 1. The normalized spacial score (nSPS) is 13.3. The van der Waals surface area contributed by atoms with Crippen molar-refractivity contribution in [2.75, 3.05) is 14.1 Å². The smallest absolute Gasteiger partial charge is 0.115 e. The number of aromatic hydroxyl groups is 1. The van der Waals surface area contributed by atoms with E-state index in [1.165, 1.54) is 0 Å². The molecule has 0 heterocycles. The van der Waals surface area contributed by atoms with Crippen LogP contribution in [-0.4, -0.2) is 24.1 Å². The van der Waals surface area contributed by atoms with Gasteiger partial charge in [0.05, 0.1) is 0 Å². The fraction of sp³-hybridized carbons (Fsp3) is 0.400. The summed E-state index contributed by atoms with van der Waals surface area (Å²) in [6.07, 6.45) is 0. The molecule has 1 N–H and O–H groups in total. The lowest BCUT2D eigenvalue weighted by molar-refractivity contribution is 0.320. The van der Waals surface area contributed by atoms with Gasteiger partial charge in [-0.25, -0.2) is 0 Å². The Kier molecular flexibility index (Phi) is 2.71. The van der Waals surface area contributed by atoms with E-state index in [1.807, 2.05) is 26.2 Å². The Labute approximate surface area is 73.4 Å². The first-order chi connectivity index (χ1) is 5.61. The van der Waals surface area contributed by atoms with E-state index in [1.54, 1.807) is 12.1 Å². The van der Waals surface area contributed by atoms with Crippen LogP contribution in [0.3, 0.4) is 0 Å². The lowest BCUT2D eigenvalue weighted by Crippen LogP contribution is -2.16. The second-order valence-electron chi connectivity index (χ2n) is 3.23. The summed E-state index contributed by atoms with van der Waals surface area (Å²) in [4.78, 5) is 2.11. The van der Waals surface area contributed by atoms with Gasteiger partial charge in [0.15, 0.2) is 0 Å². The second kappa shape index (κ2) is 3.59. The third kappa shape index (κ3) is 1.98.